The first-order valence-corrected chi connectivity index (χ1v) is 12.4. The number of aliphatic imine (C=N–C) groups is 1. The monoisotopic (exact) mass is 476 g/mol. The van der Waals surface area contributed by atoms with Crippen LogP contribution < -0.4 is 10.0 Å². The number of carbonyl (C=O) groups is 3. The minimum Gasteiger partial charge on any atom is -0.338 e. The predicted octanol–water partition coefficient (Wildman–Crippen LogP) is 0.799. The molecule has 1 saturated heterocycles. The van der Waals surface area contributed by atoms with E-state index in [-0.39, 0.29) is 17.5 Å². The van der Waals surface area contributed by atoms with Crippen LogP contribution in [0.2, 0.25) is 0 Å². The number of hydrogen-bond acceptors (Lipinski definition) is 7. The Morgan fingerprint density at radius 3 is 2.42 bits per heavy atom. The van der Waals surface area contributed by atoms with Gasteiger partial charge in [-0.2, -0.15) is 0 Å². The molecule has 33 heavy (non-hydrogen) atoms. The van der Waals surface area contributed by atoms with Crippen LogP contribution in [0, 0.1) is 0 Å². The third-order valence-corrected chi connectivity index (χ3v) is 7.81. The fraction of sp³-hybridized carbons (Fsp3) is 0.524. The van der Waals surface area contributed by atoms with Crippen molar-refractivity contribution in [3.05, 3.63) is 24.3 Å². The number of nitrogens with one attached hydrogen (secondary N) is 2. The number of amides is 4. The Morgan fingerprint density at radius 1 is 1.09 bits per heavy atom. The average molecular weight is 477 g/mol. The van der Waals surface area contributed by atoms with Gasteiger partial charge in [-0.05, 0) is 37.1 Å². The Bertz CT molecular complexity index is 1070. The van der Waals surface area contributed by atoms with Crippen molar-refractivity contribution in [3.63, 3.8) is 0 Å². The highest BCUT2D eigenvalue weighted by Crippen LogP contribution is 2.25. The fourth-order valence-corrected chi connectivity index (χ4v) is 5.74. The molecule has 1 saturated carbocycles. The maximum absolute atomic E-state index is 12.6. The molecule has 4 amide bonds. The number of sulfonamides is 1. The van der Waals surface area contributed by atoms with E-state index in [1.165, 1.54) is 47.5 Å². The quantitative estimate of drug-likeness (QED) is 0.624. The van der Waals surface area contributed by atoms with Crippen LogP contribution >= 0.6 is 0 Å². The average Bonchev–Trinajstić information content (AvgIpc) is 3.20. The van der Waals surface area contributed by atoms with E-state index in [0.29, 0.717) is 5.69 Å². The molecule has 1 aromatic carbocycles. The van der Waals surface area contributed by atoms with Gasteiger partial charge in [0.25, 0.3) is 5.91 Å². The minimum atomic E-state index is -3.62. The van der Waals surface area contributed by atoms with E-state index in [4.69, 9.17) is 0 Å². The van der Waals surface area contributed by atoms with Gasteiger partial charge in [-0.15, -0.1) is 0 Å². The molecule has 0 bridgehead atoms. The normalized spacial score (nSPS) is 23.8. The van der Waals surface area contributed by atoms with Crippen LogP contribution in [-0.4, -0.2) is 86.2 Å². The molecule has 2 heterocycles. The lowest BCUT2D eigenvalue weighted by Gasteiger charge is -2.39. The fourth-order valence-electron chi connectivity index (χ4n) is 4.43. The Hall–Kier alpha value is -2.99. The van der Waals surface area contributed by atoms with Gasteiger partial charge in [-0.3, -0.25) is 14.5 Å². The predicted molar refractivity (Wildman–Crippen MR) is 121 cm³/mol. The van der Waals surface area contributed by atoms with Crippen LogP contribution in [0.1, 0.15) is 32.1 Å². The summed E-state index contributed by atoms with van der Waals surface area (Å²) in [5.74, 6) is -0.818. The number of imide groups is 1. The van der Waals surface area contributed by atoms with Crippen molar-refractivity contribution in [1.29, 1.82) is 0 Å². The van der Waals surface area contributed by atoms with E-state index < -0.39 is 40.1 Å². The number of fused-ring (bicyclic) bond motifs is 1. The van der Waals surface area contributed by atoms with Crippen molar-refractivity contribution in [2.45, 2.75) is 55.2 Å². The molecular weight excluding hydrogens is 448 g/mol. The van der Waals surface area contributed by atoms with Crippen molar-refractivity contribution in [1.82, 2.24) is 19.4 Å². The zero-order valence-corrected chi connectivity index (χ0v) is 19.4. The third-order valence-electron chi connectivity index (χ3n) is 6.28. The van der Waals surface area contributed by atoms with Gasteiger partial charge in [0.05, 0.1) is 17.8 Å². The zero-order chi connectivity index (χ0) is 23.8. The summed E-state index contributed by atoms with van der Waals surface area (Å²) in [5, 5.41) is 2.71. The Kier molecular flexibility index (Phi) is 6.39. The van der Waals surface area contributed by atoms with Crippen molar-refractivity contribution in [2.75, 3.05) is 26.0 Å². The highest BCUT2D eigenvalue weighted by Gasteiger charge is 2.48. The van der Waals surface area contributed by atoms with Crippen LogP contribution in [0.4, 0.5) is 10.5 Å². The lowest BCUT2D eigenvalue weighted by atomic mass is 9.96. The highest BCUT2D eigenvalue weighted by atomic mass is 32.2. The summed E-state index contributed by atoms with van der Waals surface area (Å²) in [6, 6.07) is 4.72. The van der Waals surface area contributed by atoms with Crippen LogP contribution in [0.15, 0.2) is 34.2 Å². The van der Waals surface area contributed by atoms with Gasteiger partial charge in [0, 0.05) is 25.8 Å². The number of rotatable bonds is 6. The summed E-state index contributed by atoms with van der Waals surface area (Å²) < 4.78 is 28.0. The van der Waals surface area contributed by atoms with Gasteiger partial charge in [0.1, 0.15) is 0 Å². The van der Waals surface area contributed by atoms with E-state index in [0.717, 1.165) is 37.0 Å². The summed E-state index contributed by atoms with van der Waals surface area (Å²) in [6.07, 6.45) is 5.61. The Labute approximate surface area is 192 Å². The van der Waals surface area contributed by atoms with Gasteiger partial charge in [0.15, 0.2) is 12.2 Å². The molecule has 2 aliphatic heterocycles. The molecule has 12 heteroatoms. The van der Waals surface area contributed by atoms with E-state index >= 15 is 0 Å². The minimum absolute atomic E-state index is 0.0371. The first-order chi connectivity index (χ1) is 15.7. The van der Waals surface area contributed by atoms with Crippen molar-refractivity contribution in [2.24, 2.45) is 4.99 Å². The third kappa shape index (κ3) is 4.71. The molecule has 4 rings (SSSR count). The topological polar surface area (TPSA) is 131 Å². The Morgan fingerprint density at radius 2 is 1.76 bits per heavy atom. The van der Waals surface area contributed by atoms with Crippen LogP contribution in [-0.2, 0) is 19.6 Å². The first kappa shape index (κ1) is 23.2. The lowest BCUT2D eigenvalue weighted by molar-refractivity contribution is -0.136. The standard InChI is InChI=1S/C21H28N6O5S/c1-25-19-18(20(29)26(2)21(25)30)27(13-22-19)12-17(28)23-14-8-10-16(11-9-14)33(31,32)24-15-6-4-3-5-7-15/h8-11,13,15,18-19,24H,3-7,12H2,1-2H3,(H,23,28). The number of benzene rings is 1. The zero-order valence-electron chi connectivity index (χ0n) is 18.6. The second-order valence-electron chi connectivity index (χ2n) is 8.61. The van der Waals surface area contributed by atoms with Crippen molar-refractivity contribution >= 4 is 39.9 Å². The number of carbonyl (C=O) groups excluding carboxylic acids is 3. The van der Waals surface area contributed by atoms with Crippen molar-refractivity contribution in [3.8, 4) is 0 Å². The maximum Gasteiger partial charge on any atom is 0.328 e. The first-order valence-electron chi connectivity index (χ1n) is 10.9. The van der Waals surface area contributed by atoms with Crippen LogP contribution in [0.25, 0.3) is 0 Å². The smallest absolute Gasteiger partial charge is 0.328 e. The second kappa shape index (κ2) is 9.10. The van der Waals surface area contributed by atoms with Crippen LogP contribution in [0.3, 0.4) is 0 Å². The lowest BCUT2D eigenvalue weighted by Crippen LogP contribution is -2.64. The summed E-state index contributed by atoms with van der Waals surface area (Å²) in [5.41, 5.74) is 0.434. The van der Waals surface area contributed by atoms with Gasteiger partial charge in [-0.25, -0.2) is 22.9 Å². The van der Waals surface area contributed by atoms with Crippen LogP contribution in [0.5, 0.6) is 0 Å². The molecule has 2 fully saturated rings. The molecule has 0 spiro atoms. The molecule has 11 nitrogen and oxygen atoms in total. The maximum atomic E-state index is 12.6. The highest BCUT2D eigenvalue weighted by molar-refractivity contribution is 7.89. The van der Waals surface area contributed by atoms with Gasteiger partial charge < -0.3 is 15.1 Å². The molecule has 178 valence electrons. The number of urea groups is 1. The van der Waals surface area contributed by atoms with E-state index in [2.05, 4.69) is 15.0 Å². The molecule has 0 aromatic heterocycles. The Balaban J connectivity index is 1.36. The largest absolute Gasteiger partial charge is 0.338 e. The molecule has 2 N–H and O–H groups in total. The molecule has 1 aromatic rings. The second-order valence-corrected chi connectivity index (χ2v) is 10.3. The van der Waals surface area contributed by atoms with Gasteiger partial charge in [0.2, 0.25) is 15.9 Å². The number of nitrogens with zero attached hydrogens (tertiary/aromatic N) is 4. The number of hydrogen-bond donors (Lipinski definition) is 2. The molecule has 2 unspecified atom stereocenters. The van der Waals surface area contributed by atoms with Crippen molar-refractivity contribution < 1.29 is 22.8 Å². The molecule has 0 radical (unpaired) electrons. The number of likely N-dealkylation sites (N-methyl/N-ethyl adjacent to an activating group) is 2. The summed E-state index contributed by atoms with van der Waals surface area (Å²) >= 11 is 0. The van der Waals surface area contributed by atoms with E-state index in [1.54, 1.807) is 7.05 Å². The molecule has 3 aliphatic rings. The summed E-state index contributed by atoms with van der Waals surface area (Å²) in [7, 11) is -0.667. The van der Waals surface area contributed by atoms with Gasteiger partial charge >= 0.3 is 6.03 Å². The molecule has 2 atom stereocenters. The SMILES string of the molecule is CN1C(=O)C2C(N=CN2CC(=O)Nc2ccc(S(=O)(=O)NC3CCCCC3)cc2)N(C)C1=O. The van der Waals surface area contributed by atoms with E-state index in [1.807, 2.05) is 0 Å². The summed E-state index contributed by atoms with van der Waals surface area (Å²) in [4.78, 5) is 45.4. The molecule has 1 aliphatic carbocycles. The number of anilines is 1. The molecular formula is C21H28N6O5S. The van der Waals surface area contributed by atoms with Gasteiger partial charge in [-0.1, -0.05) is 19.3 Å². The van der Waals surface area contributed by atoms with E-state index in [9.17, 15) is 22.8 Å². The summed E-state index contributed by atoms with van der Waals surface area (Å²) in [6.45, 7) is -0.143.